The zero-order valence-electron chi connectivity index (χ0n) is 18.4. The van der Waals surface area contributed by atoms with Gasteiger partial charge in [-0.1, -0.05) is 35.4 Å². The van der Waals surface area contributed by atoms with Crippen LogP contribution in [-0.4, -0.2) is 50.4 Å². The van der Waals surface area contributed by atoms with Crippen LogP contribution in [0.1, 0.15) is 35.1 Å². The summed E-state index contributed by atoms with van der Waals surface area (Å²) in [7, 11) is 4.25. The van der Waals surface area contributed by atoms with Crippen molar-refractivity contribution < 1.29 is 9.47 Å². The van der Waals surface area contributed by atoms with Gasteiger partial charge in [0, 0.05) is 27.2 Å². The van der Waals surface area contributed by atoms with Crippen molar-refractivity contribution in [2.45, 2.75) is 40.5 Å². The molecule has 0 radical (unpaired) electrons. The second kappa shape index (κ2) is 11.1. The maximum absolute atomic E-state index is 5.92. The van der Waals surface area contributed by atoms with Crippen LogP contribution in [-0.2, 0) is 0 Å². The largest absolute Gasteiger partial charge is 0.493 e. The molecular weight excluding hydrogens is 348 g/mol. The minimum Gasteiger partial charge on any atom is -0.493 e. The van der Waals surface area contributed by atoms with E-state index in [-0.39, 0.29) is 0 Å². The van der Waals surface area contributed by atoms with Gasteiger partial charge in [0.15, 0.2) is 0 Å². The molecule has 0 aliphatic carbocycles. The van der Waals surface area contributed by atoms with Crippen molar-refractivity contribution in [3.05, 3.63) is 58.7 Å². The third-order valence-corrected chi connectivity index (χ3v) is 5.01. The second-order valence-electron chi connectivity index (χ2n) is 7.70. The summed E-state index contributed by atoms with van der Waals surface area (Å²) in [5.74, 6) is 1.98. The molecule has 0 aliphatic heterocycles. The zero-order chi connectivity index (χ0) is 20.5. The first-order chi connectivity index (χ1) is 13.4. The van der Waals surface area contributed by atoms with Crippen molar-refractivity contribution in [1.82, 2.24) is 10.0 Å². The molecule has 0 aromatic heterocycles. The van der Waals surface area contributed by atoms with E-state index < -0.39 is 0 Å². The molecule has 4 heteroatoms. The average molecular weight is 385 g/mol. The molecule has 0 unspecified atom stereocenters. The Balaban J connectivity index is 1.61. The van der Waals surface area contributed by atoms with E-state index >= 15 is 0 Å². The number of nitrogens with zero attached hydrogens (tertiary/aromatic N) is 2. The Morgan fingerprint density at radius 3 is 1.39 bits per heavy atom. The van der Waals surface area contributed by atoms with Crippen LogP contribution in [0.3, 0.4) is 0 Å². The van der Waals surface area contributed by atoms with Gasteiger partial charge in [-0.25, -0.2) is 10.0 Å². The summed E-state index contributed by atoms with van der Waals surface area (Å²) in [6.07, 6.45) is 1.99. The van der Waals surface area contributed by atoms with E-state index in [2.05, 4.69) is 88.2 Å². The second-order valence-corrected chi connectivity index (χ2v) is 7.70. The first-order valence-electron chi connectivity index (χ1n) is 10.2. The van der Waals surface area contributed by atoms with Crippen molar-refractivity contribution in [3.63, 3.8) is 0 Å². The highest BCUT2D eigenvalue weighted by molar-refractivity contribution is 5.36. The summed E-state index contributed by atoms with van der Waals surface area (Å²) < 4.78 is 11.8. The number of ether oxygens (including phenoxy) is 2. The molecule has 0 N–H and O–H groups in total. The molecule has 0 saturated heterocycles. The molecule has 0 aliphatic rings. The van der Waals surface area contributed by atoms with Crippen molar-refractivity contribution in [2.75, 3.05) is 40.4 Å². The number of rotatable bonds is 11. The molecule has 0 atom stereocenters. The van der Waals surface area contributed by atoms with Gasteiger partial charge in [-0.3, -0.25) is 0 Å². The van der Waals surface area contributed by atoms with Gasteiger partial charge in [-0.05, 0) is 63.8 Å². The minimum absolute atomic E-state index is 0.734. The lowest BCUT2D eigenvalue weighted by molar-refractivity contribution is 0.0190. The van der Waals surface area contributed by atoms with Gasteiger partial charge in [0.05, 0.1) is 13.2 Å². The van der Waals surface area contributed by atoms with Crippen LogP contribution < -0.4 is 9.47 Å². The van der Waals surface area contributed by atoms with E-state index in [1.54, 1.807) is 0 Å². The summed E-state index contributed by atoms with van der Waals surface area (Å²) in [4.78, 5) is 0. The number of hydrogen-bond acceptors (Lipinski definition) is 4. The van der Waals surface area contributed by atoms with E-state index in [4.69, 9.17) is 9.47 Å². The third kappa shape index (κ3) is 7.17. The van der Waals surface area contributed by atoms with Crippen LogP contribution in [0, 0.1) is 27.7 Å². The third-order valence-electron chi connectivity index (χ3n) is 5.01. The van der Waals surface area contributed by atoms with E-state index in [1.807, 2.05) is 0 Å². The first-order valence-corrected chi connectivity index (χ1v) is 10.2. The average Bonchev–Trinajstić information content (AvgIpc) is 2.64. The lowest BCUT2D eigenvalue weighted by Crippen LogP contribution is -2.38. The zero-order valence-corrected chi connectivity index (χ0v) is 18.4. The Bertz CT molecular complexity index is 682. The van der Waals surface area contributed by atoms with Crippen LogP contribution in [0.4, 0.5) is 0 Å². The summed E-state index contributed by atoms with van der Waals surface area (Å²) >= 11 is 0. The van der Waals surface area contributed by atoms with Crippen molar-refractivity contribution >= 4 is 0 Å². The van der Waals surface area contributed by atoms with E-state index in [0.717, 1.165) is 50.6 Å². The molecule has 154 valence electrons. The van der Waals surface area contributed by atoms with Crippen LogP contribution >= 0.6 is 0 Å². The molecule has 0 spiro atoms. The van der Waals surface area contributed by atoms with Gasteiger partial charge in [-0.2, -0.15) is 0 Å². The highest BCUT2D eigenvalue weighted by atomic mass is 16.5. The molecule has 0 fully saturated rings. The molecule has 0 saturated carbocycles. The molecule has 2 aromatic rings. The Morgan fingerprint density at radius 1 is 0.643 bits per heavy atom. The standard InChI is InChI=1S/C24H36N2O2/c1-19-9-11-23(21(3)17-19)27-15-7-13-25(5)26(6)14-8-16-28-24-12-10-20(2)18-22(24)4/h9-12,17-18H,7-8,13-16H2,1-6H3. The summed E-state index contributed by atoms with van der Waals surface area (Å²) in [5, 5.41) is 4.50. The van der Waals surface area contributed by atoms with Gasteiger partial charge in [0.1, 0.15) is 11.5 Å². The predicted molar refractivity (Wildman–Crippen MR) is 117 cm³/mol. The summed E-state index contributed by atoms with van der Waals surface area (Å²) in [6.45, 7) is 11.8. The quantitative estimate of drug-likeness (QED) is 0.405. The predicted octanol–water partition coefficient (Wildman–Crippen LogP) is 4.94. The number of benzene rings is 2. The molecule has 4 nitrogen and oxygen atoms in total. The van der Waals surface area contributed by atoms with Gasteiger partial charge in [-0.15, -0.1) is 0 Å². The molecule has 0 bridgehead atoms. The van der Waals surface area contributed by atoms with Gasteiger partial charge >= 0.3 is 0 Å². The van der Waals surface area contributed by atoms with Crippen LogP contribution in [0.25, 0.3) is 0 Å². The molecule has 28 heavy (non-hydrogen) atoms. The Hall–Kier alpha value is -2.04. The molecular formula is C24H36N2O2. The highest BCUT2D eigenvalue weighted by Crippen LogP contribution is 2.19. The van der Waals surface area contributed by atoms with Crippen LogP contribution in [0.2, 0.25) is 0 Å². The summed E-state index contributed by atoms with van der Waals surface area (Å²) in [5.41, 5.74) is 4.95. The van der Waals surface area contributed by atoms with Crippen LogP contribution in [0.15, 0.2) is 36.4 Å². The Kier molecular flexibility index (Phi) is 8.81. The fourth-order valence-corrected chi connectivity index (χ4v) is 3.21. The monoisotopic (exact) mass is 384 g/mol. The van der Waals surface area contributed by atoms with Crippen molar-refractivity contribution in [1.29, 1.82) is 0 Å². The molecule has 0 amide bonds. The SMILES string of the molecule is Cc1ccc(OCCCN(C)N(C)CCCOc2ccc(C)cc2C)c(C)c1. The molecule has 2 aromatic carbocycles. The Morgan fingerprint density at radius 2 is 1.04 bits per heavy atom. The molecule has 2 rings (SSSR count). The smallest absolute Gasteiger partial charge is 0.122 e. The first kappa shape index (κ1) is 22.3. The fourth-order valence-electron chi connectivity index (χ4n) is 3.21. The van der Waals surface area contributed by atoms with Gasteiger partial charge in [0.2, 0.25) is 0 Å². The van der Waals surface area contributed by atoms with E-state index in [1.165, 1.54) is 22.3 Å². The van der Waals surface area contributed by atoms with E-state index in [9.17, 15) is 0 Å². The lowest BCUT2D eigenvalue weighted by atomic mass is 10.1. The normalized spacial score (nSPS) is 11.3. The van der Waals surface area contributed by atoms with Crippen molar-refractivity contribution in [2.24, 2.45) is 0 Å². The topological polar surface area (TPSA) is 24.9 Å². The van der Waals surface area contributed by atoms with Gasteiger partial charge in [0.25, 0.3) is 0 Å². The maximum Gasteiger partial charge on any atom is 0.122 e. The maximum atomic E-state index is 5.92. The van der Waals surface area contributed by atoms with Gasteiger partial charge < -0.3 is 9.47 Å². The van der Waals surface area contributed by atoms with Crippen molar-refractivity contribution in [3.8, 4) is 11.5 Å². The number of hydrogen-bond donors (Lipinski definition) is 0. The van der Waals surface area contributed by atoms with E-state index in [0.29, 0.717) is 0 Å². The minimum atomic E-state index is 0.734. The Labute approximate surface area is 171 Å². The number of aryl methyl sites for hydroxylation is 4. The van der Waals surface area contributed by atoms with Crippen LogP contribution in [0.5, 0.6) is 11.5 Å². The lowest BCUT2D eigenvalue weighted by Gasteiger charge is -2.28. The summed E-state index contributed by atoms with van der Waals surface area (Å²) in [6, 6.07) is 12.7. The fraction of sp³-hybridized carbons (Fsp3) is 0.500. The molecule has 0 heterocycles. The number of hydrazine groups is 1. The highest BCUT2D eigenvalue weighted by Gasteiger charge is 2.07.